The van der Waals surface area contributed by atoms with Crippen LogP contribution in [0.5, 0.6) is 0 Å². The molecule has 0 bridgehead atoms. The third-order valence-corrected chi connectivity index (χ3v) is 4.80. The fourth-order valence-corrected chi connectivity index (χ4v) is 3.18. The second kappa shape index (κ2) is 9.74. The number of aromatic nitrogens is 2. The van der Waals surface area contributed by atoms with Crippen LogP contribution in [0, 0.1) is 12.7 Å². The third kappa shape index (κ3) is 5.39. The van der Waals surface area contributed by atoms with Gasteiger partial charge in [-0.25, -0.2) is 14.2 Å². The van der Waals surface area contributed by atoms with Gasteiger partial charge in [0.2, 0.25) is 0 Å². The van der Waals surface area contributed by atoms with Crippen molar-refractivity contribution in [2.45, 2.75) is 39.8 Å². The topological polar surface area (TPSA) is 82.5 Å². The van der Waals surface area contributed by atoms with Gasteiger partial charge in [0.05, 0.1) is 17.9 Å². The number of aryl methyl sites for hydroxylation is 1. The van der Waals surface area contributed by atoms with E-state index in [0.29, 0.717) is 28.2 Å². The molecule has 0 saturated heterocycles. The molecule has 1 aromatic heterocycles. The normalized spacial score (nSPS) is 11.3. The zero-order valence-corrected chi connectivity index (χ0v) is 18.5. The van der Waals surface area contributed by atoms with E-state index in [0.717, 1.165) is 0 Å². The van der Waals surface area contributed by atoms with E-state index in [-0.39, 0.29) is 19.0 Å². The molecular formula is C24H26FN3O4. The van der Waals surface area contributed by atoms with Crippen molar-refractivity contribution in [3.8, 4) is 11.3 Å². The number of hydroxylamine groups is 1. The van der Waals surface area contributed by atoms with Gasteiger partial charge in [0.1, 0.15) is 23.7 Å². The molecule has 8 heteroatoms. The average Bonchev–Trinajstić information content (AvgIpc) is 3.19. The second-order valence-electron chi connectivity index (χ2n) is 7.83. The molecule has 1 heterocycles. The first-order chi connectivity index (χ1) is 15.2. The number of nitrogens with one attached hydrogen (secondary N) is 1. The second-order valence-corrected chi connectivity index (χ2v) is 7.83. The van der Waals surface area contributed by atoms with Crippen LogP contribution >= 0.6 is 0 Å². The first-order valence-electron chi connectivity index (χ1n) is 10.2. The maximum atomic E-state index is 13.7. The summed E-state index contributed by atoms with van der Waals surface area (Å²) in [7, 11) is 0. The van der Waals surface area contributed by atoms with Gasteiger partial charge in [0, 0.05) is 11.8 Å². The Kier molecular flexibility index (Phi) is 7.05. The van der Waals surface area contributed by atoms with E-state index in [1.54, 1.807) is 80.9 Å². The highest BCUT2D eigenvalue weighted by molar-refractivity contribution is 5.89. The van der Waals surface area contributed by atoms with E-state index in [9.17, 15) is 14.0 Å². The van der Waals surface area contributed by atoms with Crippen molar-refractivity contribution in [3.63, 3.8) is 0 Å². The molecule has 32 heavy (non-hydrogen) atoms. The Morgan fingerprint density at radius 1 is 1.16 bits per heavy atom. The molecule has 0 aliphatic heterocycles. The van der Waals surface area contributed by atoms with Crippen molar-refractivity contribution in [1.82, 2.24) is 15.0 Å². The summed E-state index contributed by atoms with van der Waals surface area (Å²) in [6.07, 6.45) is 1.70. The fourth-order valence-electron chi connectivity index (χ4n) is 3.18. The van der Waals surface area contributed by atoms with Gasteiger partial charge in [-0.2, -0.15) is 0 Å². The van der Waals surface area contributed by atoms with Crippen molar-refractivity contribution in [1.29, 1.82) is 0 Å². The van der Waals surface area contributed by atoms with Crippen LogP contribution in [-0.4, -0.2) is 28.1 Å². The van der Waals surface area contributed by atoms with E-state index < -0.39 is 17.5 Å². The van der Waals surface area contributed by atoms with Crippen LogP contribution in [0.1, 0.15) is 42.5 Å². The summed E-state index contributed by atoms with van der Waals surface area (Å²) in [5.74, 6) is -0.834. The van der Waals surface area contributed by atoms with Crippen LogP contribution in [0.2, 0.25) is 0 Å². The lowest BCUT2D eigenvalue weighted by Gasteiger charge is -2.25. The molecule has 168 valence electrons. The molecule has 0 atom stereocenters. The van der Waals surface area contributed by atoms with Crippen molar-refractivity contribution in [2.24, 2.45) is 0 Å². The lowest BCUT2D eigenvalue weighted by Crippen LogP contribution is -2.41. The fraction of sp³-hybridized carbons (Fsp3) is 0.292. The number of imidazole rings is 1. The highest BCUT2D eigenvalue weighted by atomic mass is 19.1. The molecule has 3 aromatic rings. The van der Waals surface area contributed by atoms with Crippen molar-refractivity contribution >= 4 is 11.9 Å². The molecule has 0 aliphatic carbocycles. The molecule has 1 N–H and O–H groups in total. The largest absolute Gasteiger partial charge is 0.465 e. The van der Waals surface area contributed by atoms with Gasteiger partial charge in [-0.05, 0) is 63.6 Å². The highest BCUT2D eigenvalue weighted by Gasteiger charge is 2.30. The smallest absolute Gasteiger partial charge is 0.356 e. The SMILES string of the molecule is CCOC(=O)Cn1cc(-c2ccc(F)c(C)c2)nc1C(C)(C)NOC(=O)c1ccccc1. The summed E-state index contributed by atoms with van der Waals surface area (Å²) in [4.78, 5) is 34.5. The van der Waals surface area contributed by atoms with Gasteiger partial charge in [0.15, 0.2) is 0 Å². The summed E-state index contributed by atoms with van der Waals surface area (Å²) >= 11 is 0. The molecule has 0 amide bonds. The predicted molar refractivity (Wildman–Crippen MR) is 117 cm³/mol. The molecule has 7 nitrogen and oxygen atoms in total. The van der Waals surface area contributed by atoms with Gasteiger partial charge in [-0.3, -0.25) is 4.79 Å². The monoisotopic (exact) mass is 439 g/mol. The molecule has 2 aromatic carbocycles. The maximum absolute atomic E-state index is 13.7. The Balaban J connectivity index is 1.90. The van der Waals surface area contributed by atoms with E-state index >= 15 is 0 Å². The molecule has 0 spiro atoms. The summed E-state index contributed by atoms with van der Waals surface area (Å²) in [5.41, 5.74) is 3.94. The third-order valence-electron chi connectivity index (χ3n) is 4.80. The van der Waals surface area contributed by atoms with Crippen LogP contribution in [0.15, 0.2) is 54.7 Å². The number of ether oxygens (including phenoxy) is 1. The number of carbonyl (C=O) groups excluding carboxylic acids is 2. The molecule has 0 fully saturated rings. The zero-order chi connectivity index (χ0) is 23.3. The Hall–Kier alpha value is -3.52. The van der Waals surface area contributed by atoms with Crippen LogP contribution in [0.3, 0.4) is 0 Å². The van der Waals surface area contributed by atoms with Gasteiger partial charge in [-0.1, -0.05) is 18.2 Å². The number of nitrogens with zero attached hydrogens (tertiary/aromatic N) is 2. The molecule has 0 radical (unpaired) electrons. The number of benzene rings is 2. The van der Waals surface area contributed by atoms with E-state index in [1.807, 2.05) is 0 Å². The number of hydrogen-bond donors (Lipinski definition) is 1. The van der Waals surface area contributed by atoms with Crippen LogP contribution in [0.25, 0.3) is 11.3 Å². The van der Waals surface area contributed by atoms with E-state index in [1.165, 1.54) is 6.07 Å². The minimum atomic E-state index is -0.954. The van der Waals surface area contributed by atoms with Gasteiger partial charge in [-0.15, -0.1) is 5.48 Å². The van der Waals surface area contributed by atoms with Crippen LogP contribution in [-0.2, 0) is 26.5 Å². The Bertz CT molecular complexity index is 1110. The van der Waals surface area contributed by atoms with E-state index in [2.05, 4.69) is 10.5 Å². The van der Waals surface area contributed by atoms with Gasteiger partial charge >= 0.3 is 11.9 Å². The molecule has 0 saturated carbocycles. The minimum Gasteiger partial charge on any atom is -0.465 e. The lowest BCUT2D eigenvalue weighted by atomic mass is 10.1. The average molecular weight is 439 g/mol. The first-order valence-corrected chi connectivity index (χ1v) is 10.2. The van der Waals surface area contributed by atoms with Crippen molar-refractivity contribution in [2.75, 3.05) is 6.61 Å². The van der Waals surface area contributed by atoms with E-state index in [4.69, 9.17) is 9.57 Å². The van der Waals surface area contributed by atoms with Gasteiger partial charge in [0.25, 0.3) is 0 Å². The first kappa shape index (κ1) is 23.1. The van der Waals surface area contributed by atoms with Crippen molar-refractivity contribution in [3.05, 3.63) is 77.5 Å². The highest BCUT2D eigenvalue weighted by Crippen LogP contribution is 2.27. The van der Waals surface area contributed by atoms with Crippen LogP contribution in [0.4, 0.5) is 4.39 Å². The standard InChI is InChI=1S/C24H26FN3O4/c1-5-31-21(29)15-28-14-20(18-11-12-19(25)16(2)13-18)26-23(28)24(3,4)27-32-22(30)17-9-7-6-8-10-17/h6-14,27H,5,15H2,1-4H3. The number of carbonyl (C=O) groups is 2. The minimum absolute atomic E-state index is 0.0753. The molecule has 3 rings (SSSR count). The Labute approximate surface area is 186 Å². The summed E-state index contributed by atoms with van der Waals surface area (Å²) in [5, 5.41) is 0. The lowest BCUT2D eigenvalue weighted by molar-refractivity contribution is -0.143. The summed E-state index contributed by atoms with van der Waals surface area (Å²) < 4.78 is 20.4. The Morgan fingerprint density at radius 2 is 1.88 bits per heavy atom. The maximum Gasteiger partial charge on any atom is 0.356 e. The quantitative estimate of drug-likeness (QED) is 0.419. The number of esters is 1. The summed E-state index contributed by atoms with van der Waals surface area (Å²) in [6.45, 7) is 7.12. The van der Waals surface area contributed by atoms with Crippen LogP contribution < -0.4 is 5.48 Å². The molecular weight excluding hydrogens is 413 g/mol. The Morgan fingerprint density at radius 3 is 2.53 bits per heavy atom. The zero-order valence-electron chi connectivity index (χ0n) is 18.5. The summed E-state index contributed by atoms with van der Waals surface area (Å²) in [6, 6.07) is 13.3. The van der Waals surface area contributed by atoms with Crippen molar-refractivity contribution < 1.29 is 23.6 Å². The number of hydrogen-bond acceptors (Lipinski definition) is 6. The number of rotatable bonds is 8. The van der Waals surface area contributed by atoms with Gasteiger partial charge < -0.3 is 14.1 Å². The molecule has 0 unspecified atom stereocenters. The molecule has 0 aliphatic rings. The predicted octanol–water partition coefficient (Wildman–Crippen LogP) is 4.16. The number of halogens is 1.